The van der Waals surface area contributed by atoms with Gasteiger partial charge in [-0.3, -0.25) is 9.59 Å². The molecule has 174 valence electrons. The molecular formula is C17H21ClF3N3O6S. The maximum absolute atomic E-state index is 12.8. The fourth-order valence-corrected chi connectivity index (χ4v) is 4.41. The summed E-state index contributed by atoms with van der Waals surface area (Å²) in [5.74, 6) is -2.04. The molecule has 9 nitrogen and oxygen atoms in total. The number of hydrogen-bond donors (Lipinski definition) is 2. The summed E-state index contributed by atoms with van der Waals surface area (Å²) in [6.45, 7) is 0.555. The number of carbonyl (C=O) groups excluding carboxylic acids is 2. The molecule has 31 heavy (non-hydrogen) atoms. The number of ether oxygens (including phenoxy) is 1. The van der Waals surface area contributed by atoms with E-state index in [4.69, 9.17) is 16.3 Å². The van der Waals surface area contributed by atoms with Gasteiger partial charge < -0.3 is 20.1 Å². The molecule has 1 aromatic carbocycles. The van der Waals surface area contributed by atoms with Gasteiger partial charge in [-0.1, -0.05) is 11.6 Å². The van der Waals surface area contributed by atoms with Crippen LogP contribution in [0.25, 0.3) is 0 Å². The van der Waals surface area contributed by atoms with Crippen molar-refractivity contribution in [3.63, 3.8) is 0 Å². The first-order valence-electron chi connectivity index (χ1n) is 8.88. The molecule has 0 aromatic heterocycles. The minimum atomic E-state index is -5.22. The SMILES string of the molecule is COCC(=O)N1CCN(S(=O)(=O)c2ccc(NC(=O)C(C)(O)C(F)(F)F)c(Cl)c2)CC1. The summed E-state index contributed by atoms with van der Waals surface area (Å²) in [5.41, 5.74) is -3.97. The van der Waals surface area contributed by atoms with Gasteiger partial charge in [-0.2, -0.15) is 17.5 Å². The maximum atomic E-state index is 12.8. The highest BCUT2D eigenvalue weighted by Gasteiger charge is 2.55. The third-order valence-electron chi connectivity index (χ3n) is 4.68. The monoisotopic (exact) mass is 487 g/mol. The first kappa shape index (κ1) is 25.3. The second-order valence-electron chi connectivity index (χ2n) is 6.88. The van der Waals surface area contributed by atoms with Crippen LogP contribution >= 0.6 is 11.6 Å². The van der Waals surface area contributed by atoms with Gasteiger partial charge in [0.05, 0.1) is 15.6 Å². The van der Waals surface area contributed by atoms with Crippen molar-refractivity contribution in [1.82, 2.24) is 9.21 Å². The Morgan fingerprint density at radius 2 is 1.81 bits per heavy atom. The molecule has 0 radical (unpaired) electrons. The Morgan fingerprint density at radius 1 is 1.23 bits per heavy atom. The van der Waals surface area contributed by atoms with Crippen LogP contribution in [0.4, 0.5) is 18.9 Å². The Morgan fingerprint density at radius 3 is 2.29 bits per heavy atom. The number of alkyl halides is 3. The van der Waals surface area contributed by atoms with Crippen LogP contribution in [-0.2, 0) is 24.3 Å². The summed E-state index contributed by atoms with van der Waals surface area (Å²) in [4.78, 5) is 24.8. The summed E-state index contributed by atoms with van der Waals surface area (Å²) >= 11 is 5.95. The molecule has 2 N–H and O–H groups in total. The minimum absolute atomic E-state index is 0.0301. The number of sulfonamides is 1. The Bertz CT molecular complexity index is 947. The average molecular weight is 488 g/mol. The van der Waals surface area contributed by atoms with Crippen molar-refractivity contribution < 1.29 is 41.0 Å². The summed E-state index contributed by atoms with van der Waals surface area (Å²) in [5, 5.41) is 10.9. The third kappa shape index (κ3) is 5.47. The summed E-state index contributed by atoms with van der Waals surface area (Å²) in [6.07, 6.45) is -5.22. The van der Waals surface area contributed by atoms with Gasteiger partial charge in [-0.15, -0.1) is 0 Å². The van der Waals surface area contributed by atoms with E-state index in [2.05, 4.69) is 0 Å². The normalized spacial score (nSPS) is 17.8. The molecule has 1 heterocycles. The van der Waals surface area contributed by atoms with Crippen molar-refractivity contribution in [1.29, 1.82) is 0 Å². The molecule has 2 rings (SSSR count). The second-order valence-corrected chi connectivity index (χ2v) is 9.23. The fourth-order valence-electron chi connectivity index (χ4n) is 2.67. The summed E-state index contributed by atoms with van der Waals surface area (Å²) < 4.78 is 69.9. The Balaban J connectivity index is 2.14. The maximum Gasteiger partial charge on any atom is 0.426 e. The lowest BCUT2D eigenvalue weighted by Crippen LogP contribution is -2.52. The van der Waals surface area contributed by atoms with E-state index in [-0.39, 0.29) is 61.2 Å². The quantitative estimate of drug-likeness (QED) is 0.620. The molecule has 0 aliphatic carbocycles. The molecule has 14 heteroatoms. The van der Waals surface area contributed by atoms with Gasteiger partial charge >= 0.3 is 6.18 Å². The van der Waals surface area contributed by atoms with Crippen LogP contribution in [0.15, 0.2) is 23.1 Å². The zero-order chi connectivity index (χ0) is 23.6. The lowest BCUT2D eigenvalue weighted by molar-refractivity contribution is -0.242. The van der Waals surface area contributed by atoms with Crippen molar-refractivity contribution in [2.75, 3.05) is 45.2 Å². The van der Waals surface area contributed by atoms with E-state index in [1.165, 1.54) is 12.0 Å². The van der Waals surface area contributed by atoms with Crippen LogP contribution in [-0.4, -0.2) is 86.2 Å². The summed E-state index contributed by atoms with van der Waals surface area (Å²) in [6, 6.07) is 3.08. The zero-order valence-corrected chi connectivity index (χ0v) is 18.1. The standard InChI is InChI=1S/C17H21ClF3N3O6S/c1-16(27,17(19,20)21)15(26)22-13-4-3-11(9-12(13)18)31(28,29)24-7-5-23(6-8-24)14(25)10-30-2/h3-4,9,27H,5-8,10H2,1-2H3,(H,22,26). The fraction of sp³-hybridized carbons (Fsp3) is 0.529. The smallest absolute Gasteiger partial charge is 0.375 e. The topological polar surface area (TPSA) is 116 Å². The number of hydrogen-bond acceptors (Lipinski definition) is 6. The molecule has 1 atom stereocenters. The molecule has 0 saturated carbocycles. The van der Waals surface area contributed by atoms with Gasteiger partial charge in [-0.25, -0.2) is 8.42 Å². The Hall–Kier alpha value is -1.93. The number of piperazine rings is 1. The van der Waals surface area contributed by atoms with Crippen molar-refractivity contribution in [2.24, 2.45) is 0 Å². The van der Waals surface area contributed by atoms with E-state index in [1.54, 1.807) is 0 Å². The number of rotatable bonds is 6. The van der Waals surface area contributed by atoms with E-state index in [0.29, 0.717) is 0 Å². The molecule has 2 amide bonds. The highest BCUT2D eigenvalue weighted by atomic mass is 35.5. The van der Waals surface area contributed by atoms with Crippen LogP contribution < -0.4 is 5.32 Å². The van der Waals surface area contributed by atoms with Gasteiger partial charge in [0, 0.05) is 33.3 Å². The highest BCUT2D eigenvalue weighted by molar-refractivity contribution is 7.89. The summed E-state index contributed by atoms with van der Waals surface area (Å²) in [7, 11) is -2.63. The van der Waals surface area contributed by atoms with Crippen molar-refractivity contribution >= 4 is 39.1 Å². The van der Waals surface area contributed by atoms with Crippen molar-refractivity contribution in [3.8, 4) is 0 Å². The van der Waals surface area contributed by atoms with Crippen LogP contribution in [0.3, 0.4) is 0 Å². The van der Waals surface area contributed by atoms with Gasteiger partial charge in [0.2, 0.25) is 21.5 Å². The highest BCUT2D eigenvalue weighted by Crippen LogP contribution is 2.33. The van der Waals surface area contributed by atoms with E-state index in [0.717, 1.165) is 22.5 Å². The molecule has 1 unspecified atom stereocenters. The van der Waals surface area contributed by atoms with Crippen LogP contribution in [0.1, 0.15) is 6.92 Å². The molecule has 1 fully saturated rings. The molecule has 1 saturated heterocycles. The first-order valence-corrected chi connectivity index (χ1v) is 10.7. The molecule has 0 spiro atoms. The number of carbonyl (C=O) groups is 2. The lowest BCUT2D eigenvalue weighted by atomic mass is 10.1. The number of nitrogens with one attached hydrogen (secondary N) is 1. The lowest BCUT2D eigenvalue weighted by Gasteiger charge is -2.34. The van der Waals surface area contributed by atoms with Gasteiger partial charge in [0.25, 0.3) is 5.91 Å². The van der Waals surface area contributed by atoms with Crippen LogP contribution in [0.5, 0.6) is 0 Å². The van der Waals surface area contributed by atoms with Crippen LogP contribution in [0.2, 0.25) is 5.02 Å². The Labute approximate surface area is 181 Å². The van der Waals surface area contributed by atoms with E-state index < -0.39 is 27.7 Å². The number of aliphatic hydroxyl groups is 1. The Kier molecular flexibility index (Phi) is 7.59. The molecule has 0 bridgehead atoms. The predicted octanol–water partition coefficient (Wildman–Crippen LogP) is 1.07. The number of amides is 2. The number of methoxy groups -OCH3 is 1. The number of benzene rings is 1. The van der Waals surface area contributed by atoms with Crippen LogP contribution in [0, 0.1) is 0 Å². The number of anilines is 1. The van der Waals surface area contributed by atoms with Crippen molar-refractivity contribution in [2.45, 2.75) is 23.6 Å². The zero-order valence-electron chi connectivity index (χ0n) is 16.6. The van der Waals surface area contributed by atoms with E-state index >= 15 is 0 Å². The molecule has 1 aliphatic rings. The predicted molar refractivity (Wildman–Crippen MR) is 104 cm³/mol. The molecule has 1 aliphatic heterocycles. The minimum Gasteiger partial charge on any atom is -0.375 e. The first-order chi connectivity index (χ1) is 14.2. The molecular weight excluding hydrogens is 467 g/mol. The van der Waals surface area contributed by atoms with E-state index in [9.17, 15) is 36.3 Å². The largest absolute Gasteiger partial charge is 0.426 e. The van der Waals surface area contributed by atoms with Gasteiger partial charge in [0.1, 0.15) is 6.61 Å². The number of nitrogens with zero attached hydrogens (tertiary/aromatic N) is 2. The van der Waals surface area contributed by atoms with Gasteiger partial charge in [-0.05, 0) is 25.1 Å². The number of halogens is 4. The second kappa shape index (κ2) is 9.28. The van der Waals surface area contributed by atoms with Crippen molar-refractivity contribution in [3.05, 3.63) is 23.2 Å². The molecule has 1 aromatic rings. The third-order valence-corrected chi connectivity index (χ3v) is 6.89. The van der Waals surface area contributed by atoms with E-state index in [1.807, 2.05) is 5.32 Å². The average Bonchev–Trinajstić information content (AvgIpc) is 2.68. The van der Waals surface area contributed by atoms with Gasteiger partial charge in [0.15, 0.2) is 0 Å².